The summed E-state index contributed by atoms with van der Waals surface area (Å²) in [6.45, 7) is -4.80. The van der Waals surface area contributed by atoms with E-state index in [-0.39, 0.29) is 6.54 Å². The Morgan fingerprint density at radius 2 is 1.82 bits per heavy atom. The molecule has 3 nitrogen and oxygen atoms in total. The van der Waals surface area contributed by atoms with Gasteiger partial charge >= 0.3 is 6.98 Å². The van der Waals surface area contributed by atoms with E-state index >= 15 is 0 Å². The Kier molecular flexibility index (Phi) is 3.23. The first-order chi connectivity index (χ1) is 7.95. The molecule has 1 aromatic carbocycles. The summed E-state index contributed by atoms with van der Waals surface area (Å²) < 4.78 is 39.1. The van der Waals surface area contributed by atoms with Crippen LogP contribution in [0.1, 0.15) is 5.56 Å². The number of halogens is 4. The number of nitrogens with zero attached hydrogens (tertiary/aromatic N) is 3. The van der Waals surface area contributed by atoms with Crippen molar-refractivity contribution in [2.24, 2.45) is 0 Å². The third-order valence-electron chi connectivity index (χ3n) is 2.15. The smallest absolute Gasteiger partial charge is 0.444 e. The van der Waals surface area contributed by atoms with E-state index in [2.05, 4.69) is 26.2 Å². The van der Waals surface area contributed by atoms with Crippen LogP contribution in [0.5, 0.6) is 0 Å². The van der Waals surface area contributed by atoms with Gasteiger partial charge in [-0.05, 0) is 17.7 Å². The average molecular weight is 305 g/mol. The van der Waals surface area contributed by atoms with Gasteiger partial charge in [-0.2, -0.15) is 5.10 Å². The van der Waals surface area contributed by atoms with Crippen molar-refractivity contribution in [2.45, 2.75) is 6.54 Å². The van der Waals surface area contributed by atoms with Crippen LogP contribution in [0.4, 0.5) is 12.9 Å². The van der Waals surface area contributed by atoms with Crippen LogP contribution in [0.25, 0.3) is 0 Å². The highest BCUT2D eigenvalue weighted by Crippen LogP contribution is 2.11. The van der Waals surface area contributed by atoms with Crippen molar-refractivity contribution in [1.29, 1.82) is 0 Å². The first kappa shape index (κ1) is 12.2. The quantitative estimate of drug-likeness (QED) is 0.814. The molecular weight excluding hydrogens is 298 g/mol. The minimum atomic E-state index is -5.07. The summed E-state index contributed by atoms with van der Waals surface area (Å²) in [6, 6.07) is 7.26. The van der Waals surface area contributed by atoms with Gasteiger partial charge in [0.25, 0.3) is 0 Å². The maximum Gasteiger partial charge on any atom is 0.531 e. The summed E-state index contributed by atoms with van der Waals surface area (Å²) in [4.78, 5) is 0. The van der Waals surface area contributed by atoms with Crippen molar-refractivity contribution in [3.63, 3.8) is 0 Å². The van der Waals surface area contributed by atoms with Gasteiger partial charge in [0.1, 0.15) is 0 Å². The number of benzene rings is 1. The molecular formula is C9H7BBrF3N3-. The third-order valence-corrected chi connectivity index (χ3v) is 2.68. The van der Waals surface area contributed by atoms with Gasteiger partial charge in [0, 0.05) is 16.3 Å². The lowest BCUT2D eigenvalue weighted by Gasteiger charge is -2.08. The second-order valence-corrected chi connectivity index (χ2v) is 4.46. The number of rotatable bonds is 3. The molecule has 0 N–H and O–H groups in total. The SMILES string of the molecule is F[B-](F)(F)c1cn(Cc2ccc(Br)cc2)nn1. The maximum atomic E-state index is 12.3. The zero-order chi connectivity index (χ0) is 12.5. The van der Waals surface area contributed by atoms with Crippen LogP contribution in [0.15, 0.2) is 34.9 Å². The standard InChI is InChI=1S/C9H7BBrF3N3/c11-8-3-1-7(2-4-8)5-17-6-9(15-16-17)10(12,13)14/h1-4,6H,5H2/q-1. The highest BCUT2D eigenvalue weighted by atomic mass is 79.9. The molecule has 0 radical (unpaired) electrons. The molecule has 0 atom stereocenters. The van der Waals surface area contributed by atoms with E-state index in [0.717, 1.165) is 16.2 Å². The van der Waals surface area contributed by atoms with E-state index in [1.54, 1.807) is 0 Å². The van der Waals surface area contributed by atoms with E-state index in [0.29, 0.717) is 0 Å². The third kappa shape index (κ3) is 3.09. The van der Waals surface area contributed by atoms with E-state index < -0.39 is 12.6 Å². The lowest BCUT2D eigenvalue weighted by molar-refractivity contribution is 0.498. The Labute approximate surface area is 104 Å². The topological polar surface area (TPSA) is 30.7 Å². The molecule has 1 aromatic heterocycles. The fourth-order valence-corrected chi connectivity index (χ4v) is 1.58. The van der Waals surface area contributed by atoms with Crippen LogP contribution in [0, 0.1) is 0 Å². The maximum absolute atomic E-state index is 12.3. The van der Waals surface area contributed by atoms with E-state index in [1.165, 1.54) is 4.68 Å². The van der Waals surface area contributed by atoms with Crippen molar-refractivity contribution in [3.05, 3.63) is 40.5 Å². The summed E-state index contributed by atoms with van der Waals surface area (Å²) in [5.41, 5.74) is -0.0542. The number of aromatic nitrogens is 3. The van der Waals surface area contributed by atoms with Crippen molar-refractivity contribution < 1.29 is 12.9 Å². The predicted molar refractivity (Wildman–Crippen MR) is 62.0 cm³/mol. The van der Waals surface area contributed by atoms with Gasteiger partial charge in [-0.1, -0.05) is 33.3 Å². The Balaban J connectivity index is 2.14. The second-order valence-electron chi connectivity index (χ2n) is 3.54. The molecule has 0 unspecified atom stereocenters. The van der Waals surface area contributed by atoms with Gasteiger partial charge in [-0.3, -0.25) is 4.68 Å². The molecule has 2 rings (SSSR count). The van der Waals surface area contributed by atoms with Gasteiger partial charge in [-0.25, -0.2) is 0 Å². The summed E-state index contributed by atoms with van der Waals surface area (Å²) >= 11 is 3.28. The highest BCUT2D eigenvalue weighted by molar-refractivity contribution is 9.10. The van der Waals surface area contributed by atoms with Crippen LogP contribution < -0.4 is 5.59 Å². The Bertz CT molecular complexity index is 509. The molecule has 90 valence electrons. The van der Waals surface area contributed by atoms with Crippen LogP contribution in [0.2, 0.25) is 0 Å². The van der Waals surface area contributed by atoms with Crippen LogP contribution in [-0.4, -0.2) is 22.0 Å². The van der Waals surface area contributed by atoms with Crippen LogP contribution in [-0.2, 0) is 6.54 Å². The summed E-state index contributed by atoms with van der Waals surface area (Å²) in [6.07, 6.45) is 0.919. The summed E-state index contributed by atoms with van der Waals surface area (Å²) in [5.74, 6) is 0. The molecule has 1 heterocycles. The molecule has 0 amide bonds. The zero-order valence-electron chi connectivity index (χ0n) is 8.52. The first-order valence-corrected chi connectivity index (χ1v) is 5.59. The molecule has 2 aromatic rings. The minimum absolute atomic E-state index is 0.270. The fraction of sp³-hybridized carbons (Fsp3) is 0.111. The molecule has 17 heavy (non-hydrogen) atoms. The van der Waals surface area contributed by atoms with Crippen molar-refractivity contribution >= 4 is 28.5 Å². The summed E-state index contributed by atoms with van der Waals surface area (Å²) in [5, 5.41) is 6.56. The van der Waals surface area contributed by atoms with Gasteiger partial charge in [0.05, 0.1) is 6.54 Å². The fourth-order valence-electron chi connectivity index (χ4n) is 1.32. The van der Waals surface area contributed by atoms with E-state index in [1.807, 2.05) is 24.3 Å². The Morgan fingerprint density at radius 1 is 1.18 bits per heavy atom. The Morgan fingerprint density at radius 3 is 2.35 bits per heavy atom. The molecule has 8 heteroatoms. The van der Waals surface area contributed by atoms with Gasteiger partial charge in [-0.15, -0.1) is 0 Å². The second kappa shape index (κ2) is 4.52. The zero-order valence-corrected chi connectivity index (χ0v) is 10.1. The number of hydrogen-bond donors (Lipinski definition) is 0. The normalized spacial score (nSPS) is 11.8. The molecule has 0 saturated carbocycles. The van der Waals surface area contributed by atoms with Crippen molar-refractivity contribution in [3.8, 4) is 0 Å². The highest BCUT2D eigenvalue weighted by Gasteiger charge is 2.29. The van der Waals surface area contributed by atoms with Crippen molar-refractivity contribution in [1.82, 2.24) is 15.0 Å². The molecule has 0 aliphatic rings. The molecule has 0 spiro atoms. The monoisotopic (exact) mass is 304 g/mol. The minimum Gasteiger partial charge on any atom is -0.444 e. The van der Waals surface area contributed by atoms with Gasteiger partial charge in [0.2, 0.25) is 0 Å². The van der Waals surface area contributed by atoms with Gasteiger partial charge in [0.15, 0.2) is 0 Å². The largest absolute Gasteiger partial charge is 0.531 e. The number of hydrogen-bond acceptors (Lipinski definition) is 2. The molecule has 0 aliphatic heterocycles. The Hall–Kier alpha value is -1.31. The molecule has 0 saturated heterocycles. The van der Waals surface area contributed by atoms with E-state index in [9.17, 15) is 12.9 Å². The van der Waals surface area contributed by atoms with Crippen molar-refractivity contribution in [2.75, 3.05) is 0 Å². The lowest BCUT2D eigenvalue weighted by Crippen LogP contribution is -2.35. The predicted octanol–water partition coefficient (Wildman–Crippen LogP) is 2.14. The molecule has 0 aliphatic carbocycles. The lowest BCUT2D eigenvalue weighted by atomic mass is 9.87. The first-order valence-electron chi connectivity index (χ1n) is 4.79. The molecule has 0 bridgehead atoms. The summed E-state index contributed by atoms with van der Waals surface area (Å²) in [7, 11) is 0. The van der Waals surface area contributed by atoms with Crippen LogP contribution >= 0.6 is 15.9 Å². The van der Waals surface area contributed by atoms with Gasteiger partial charge < -0.3 is 12.9 Å². The molecule has 0 fully saturated rings. The average Bonchev–Trinajstić information content (AvgIpc) is 2.69. The van der Waals surface area contributed by atoms with E-state index in [4.69, 9.17) is 0 Å². The van der Waals surface area contributed by atoms with Crippen LogP contribution in [0.3, 0.4) is 0 Å².